The van der Waals surface area contributed by atoms with Crippen LogP contribution in [0.2, 0.25) is 0 Å². The van der Waals surface area contributed by atoms with E-state index >= 15 is 4.39 Å². The number of halogens is 1. The lowest BCUT2D eigenvalue weighted by Gasteiger charge is -2.17. The molecule has 0 aromatic heterocycles. The van der Waals surface area contributed by atoms with Gasteiger partial charge in [0.15, 0.2) is 0 Å². The molecule has 108 valence electrons. The van der Waals surface area contributed by atoms with Gasteiger partial charge in [-0.05, 0) is 22.4 Å². The Labute approximate surface area is 127 Å². The van der Waals surface area contributed by atoms with Crippen LogP contribution in [0.4, 0.5) is 4.39 Å². The molecule has 0 saturated heterocycles. The molecular formula is C19H13FO2. The fourth-order valence-corrected chi connectivity index (χ4v) is 3.05. The van der Waals surface area contributed by atoms with E-state index in [0.717, 1.165) is 16.3 Å². The predicted molar refractivity (Wildman–Crippen MR) is 82.5 cm³/mol. The third-order valence-corrected chi connectivity index (χ3v) is 4.15. The highest BCUT2D eigenvalue weighted by molar-refractivity contribution is 5.91. The molecule has 0 aliphatic carbocycles. The molecule has 0 bridgehead atoms. The highest BCUT2D eigenvalue weighted by Gasteiger charge is 2.50. The molecule has 1 aliphatic rings. The quantitative estimate of drug-likeness (QED) is 0.523. The van der Waals surface area contributed by atoms with Crippen LogP contribution in [0.5, 0.6) is 5.75 Å². The van der Waals surface area contributed by atoms with Gasteiger partial charge in [0.05, 0.1) is 0 Å². The summed E-state index contributed by atoms with van der Waals surface area (Å²) in [6.07, 6.45) is -0.0236. The van der Waals surface area contributed by atoms with Gasteiger partial charge in [-0.15, -0.1) is 0 Å². The Morgan fingerprint density at radius 1 is 0.909 bits per heavy atom. The van der Waals surface area contributed by atoms with Gasteiger partial charge in [-0.25, -0.2) is 9.18 Å². The zero-order valence-corrected chi connectivity index (χ0v) is 11.8. The monoisotopic (exact) mass is 292 g/mol. The van der Waals surface area contributed by atoms with E-state index in [1.165, 1.54) is 0 Å². The zero-order valence-electron chi connectivity index (χ0n) is 11.8. The Hall–Kier alpha value is -2.68. The Kier molecular flexibility index (Phi) is 2.76. The van der Waals surface area contributed by atoms with E-state index in [0.29, 0.717) is 11.3 Å². The van der Waals surface area contributed by atoms with E-state index in [9.17, 15) is 4.79 Å². The largest absolute Gasteiger partial charge is 0.423 e. The molecule has 3 aromatic rings. The molecule has 0 saturated carbocycles. The maximum Gasteiger partial charge on any atom is 0.354 e. The molecule has 0 spiro atoms. The second-order valence-corrected chi connectivity index (χ2v) is 5.50. The fraction of sp³-hybridized carbons (Fsp3) is 0.105. The number of carbonyl (C=O) groups excluding carboxylic acids is 1. The predicted octanol–water partition coefficient (Wildman–Crippen LogP) is 4.17. The van der Waals surface area contributed by atoms with Crippen LogP contribution >= 0.6 is 0 Å². The van der Waals surface area contributed by atoms with Crippen LogP contribution in [0.3, 0.4) is 0 Å². The number of rotatable bonds is 2. The molecule has 1 unspecified atom stereocenters. The minimum Gasteiger partial charge on any atom is -0.423 e. The van der Waals surface area contributed by atoms with Crippen LogP contribution in [0.1, 0.15) is 11.1 Å². The first-order chi connectivity index (χ1) is 10.7. The third-order valence-electron chi connectivity index (χ3n) is 4.15. The lowest BCUT2D eigenvalue weighted by Crippen LogP contribution is -2.31. The second kappa shape index (κ2) is 4.67. The maximum atomic E-state index is 15.4. The van der Waals surface area contributed by atoms with Crippen LogP contribution in [-0.4, -0.2) is 5.97 Å². The molecule has 3 aromatic carbocycles. The van der Waals surface area contributed by atoms with Crippen molar-refractivity contribution >= 4 is 16.7 Å². The number of benzene rings is 3. The second-order valence-electron chi connectivity index (χ2n) is 5.50. The standard InChI is InChI=1S/C19H13FO2/c20-19(16-10-3-4-11-17(16)22-18(19)21)12-14-8-5-7-13-6-1-2-9-15(13)14/h1-11H,12H2. The average Bonchev–Trinajstić information content (AvgIpc) is 2.79. The number of esters is 1. The number of para-hydroxylation sites is 1. The summed E-state index contributed by atoms with van der Waals surface area (Å²) < 4.78 is 20.5. The van der Waals surface area contributed by atoms with Gasteiger partial charge >= 0.3 is 5.97 Å². The van der Waals surface area contributed by atoms with Crippen LogP contribution in [-0.2, 0) is 16.9 Å². The minimum atomic E-state index is -2.12. The van der Waals surface area contributed by atoms with Gasteiger partial charge in [0.1, 0.15) is 5.75 Å². The summed E-state index contributed by atoms with van der Waals surface area (Å²) >= 11 is 0. The first-order valence-electron chi connectivity index (χ1n) is 7.16. The van der Waals surface area contributed by atoms with Gasteiger partial charge in [0.2, 0.25) is 5.67 Å². The summed E-state index contributed by atoms with van der Waals surface area (Å²) in [5.41, 5.74) is -1.01. The molecule has 2 nitrogen and oxygen atoms in total. The highest BCUT2D eigenvalue weighted by atomic mass is 19.1. The summed E-state index contributed by atoms with van der Waals surface area (Å²) in [5.74, 6) is -0.517. The van der Waals surface area contributed by atoms with E-state index in [2.05, 4.69) is 0 Å². The van der Waals surface area contributed by atoms with E-state index in [1.807, 2.05) is 42.5 Å². The molecule has 4 rings (SSSR count). The number of carbonyl (C=O) groups is 1. The van der Waals surface area contributed by atoms with Gasteiger partial charge in [-0.1, -0.05) is 60.7 Å². The summed E-state index contributed by atoms with van der Waals surface area (Å²) in [5, 5.41) is 1.99. The zero-order chi connectivity index (χ0) is 15.2. The van der Waals surface area contributed by atoms with Crippen LogP contribution in [0, 0.1) is 0 Å². The Balaban J connectivity index is 1.84. The average molecular weight is 292 g/mol. The topological polar surface area (TPSA) is 26.3 Å². The molecule has 3 heteroatoms. The normalized spacial score (nSPS) is 20.0. The lowest BCUT2D eigenvalue weighted by atomic mass is 9.88. The van der Waals surface area contributed by atoms with E-state index in [4.69, 9.17) is 4.74 Å². The molecule has 0 N–H and O–H groups in total. The van der Waals surface area contributed by atoms with Crippen molar-refractivity contribution in [3.05, 3.63) is 77.9 Å². The summed E-state index contributed by atoms with van der Waals surface area (Å²) in [7, 11) is 0. The number of hydrogen-bond acceptors (Lipinski definition) is 2. The smallest absolute Gasteiger partial charge is 0.354 e. The number of alkyl halides is 1. The molecule has 0 radical (unpaired) electrons. The SMILES string of the molecule is O=C1Oc2ccccc2C1(F)Cc1cccc2ccccc12. The van der Waals surface area contributed by atoms with E-state index < -0.39 is 11.6 Å². The molecule has 1 atom stereocenters. The van der Waals surface area contributed by atoms with E-state index in [-0.39, 0.29) is 6.42 Å². The van der Waals surface area contributed by atoms with Gasteiger partial charge in [0.25, 0.3) is 0 Å². The van der Waals surface area contributed by atoms with Crippen molar-refractivity contribution in [2.24, 2.45) is 0 Å². The van der Waals surface area contributed by atoms with Gasteiger partial charge in [-0.3, -0.25) is 0 Å². The molecule has 1 heterocycles. The molecule has 0 amide bonds. The summed E-state index contributed by atoms with van der Waals surface area (Å²) in [6, 6.07) is 20.2. The third kappa shape index (κ3) is 1.82. The van der Waals surface area contributed by atoms with Crippen molar-refractivity contribution in [1.29, 1.82) is 0 Å². The Morgan fingerprint density at radius 3 is 2.55 bits per heavy atom. The maximum absolute atomic E-state index is 15.4. The summed E-state index contributed by atoms with van der Waals surface area (Å²) in [6.45, 7) is 0. The Bertz CT molecular complexity index is 882. The van der Waals surface area contributed by atoms with Crippen molar-refractivity contribution in [3.63, 3.8) is 0 Å². The van der Waals surface area contributed by atoms with Crippen molar-refractivity contribution in [2.45, 2.75) is 12.1 Å². The molecule has 22 heavy (non-hydrogen) atoms. The Morgan fingerprint density at radius 2 is 1.64 bits per heavy atom. The number of hydrogen-bond donors (Lipinski definition) is 0. The number of ether oxygens (including phenoxy) is 1. The van der Waals surface area contributed by atoms with Crippen molar-refractivity contribution in [1.82, 2.24) is 0 Å². The van der Waals surface area contributed by atoms with Gasteiger partial charge in [-0.2, -0.15) is 0 Å². The van der Waals surface area contributed by atoms with E-state index in [1.54, 1.807) is 24.3 Å². The van der Waals surface area contributed by atoms with Crippen LogP contribution < -0.4 is 4.74 Å². The van der Waals surface area contributed by atoms with Crippen LogP contribution in [0.15, 0.2) is 66.7 Å². The lowest BCUT2D eigenvalue weighted by molar-refractivity contribution is -0.144. The first-order valence-corrected chi connectivity index (χ1v) is 7.16. The first kappa shape index (κ1) is 13.0. The minimum absolute atomic E-state index is 0.0236. The molecule has 1 aliphatic heterocycles. The van der Waals surface area contributed by atoms with Gasteiger partial charge < -0.3 is 4.74 Å². The molecule has 0 fully saturated rings. The highest BCUT2D eigenvalue weighted by Crippen LogP contribution is 2.43. The molecular weight excluding hydrogens is 279 g/mol. The van der Waals surface area contributed by atoms with Gasteiger partial charge in [0, 0.05) is 12.0 Å². The fourth-order valence-electron chi connectivity index (χ4n) is 3.05. The van der Waals surface area contributed by atoms with Crippen molar-refractivity contribution in [3.8, 4) is 5.75 Å². The van der Waals surface area contributed by atoms with Crippen molar-refractivity contribution in [2.75, 3.05) is 0 Å². The number of fused-ring (bicyclic) bond motifs is 2. The van der Waals surface area contributed by atoms with Crippen molar-refractivity contribution < 1.29 is 13.9 Å². The van der Waals surface area contributed by atoms with Crippen LogP contribution in [0.25, 0.3) is 10.8 Å². The summed E-state index contributed by atoms with van der Waals surface area (Å²) in [4.78, 5) is 12.1.